The van der Waals surface area contributed by atoms with E-state index in [4.69, 9.17) is 11.6 Å². The number of benzene rings is 1. The maximum atomic E-state index is 5.97. The second-order valence-electron chi connectivity index (χ2n) is 4.35. The molecule has 0 aromatic heterocycles. The molecule has 18 heavy (non-hydrogen) atoms. The molecule has 4 heteroatoms. The Hall–Kier alpha value is 0.820. The molecule has 1 aromatic rings. The highest BCUT2D eigenvalue weighted by atomic mass is 79.9. The summed E-state index contributed by atoms with van der Waals surface area (Å²) in [5.41, 5.74) is 1.54. The molecule has 0 bridgehead atoms. The Bertz CT molecular complexity index is 336. The third-order valence-electron chi connectivity index (χ3n) is 3.12. The van der Waals surface area contributed by atoms with E-state index in [-0.39, 0.29) is 5.41 Å². The van der Waals surface area contributed by atoms with Gasteiger partial charge in [0.25, 0.3) is 0 Å². The SMILES string of the molecule is CCSCCCC(CBr)(CBr)c1ccc(Cl)cc1. The third-order valence-corrected chi connectivity index (χ3v) is 6.50. The fourth-order valence-electron chi connectivity index (χ4n) is 1.93. The Kier molecular flexibility index (Phi) is 8.33. The van der Waals surface area contributed by atoms with E-state index in [1.54, 1.807) is 0 Å². The summed E-state index contributed by atoms with van der Waals surface area (Å²) in [5, 5.41) is 2.76. The van der Waals surface area contributed by atoms with Gasteiger partial charge in [0.05, 0.1) is 0 Å². The molecule has 0 saturated heterocycles. The van der Waals surface area contributed by atoms with E-state index in [1.807, 2.05) is 23.9 Å². The molecule has 0 atom stereocenters. The average Bonchev–Trinajstić information content (AvgIpc) is 2.41. The van der Waals surface area contributed by atoms with Crippen molar-refractivity contribution >= 4 is 55.2 Å². The molecule has 0 heterocycles. The second kappa shape index (κ2) is 8.89. The highest BCUT2D eigenvalue weighted by Crippen LogP contribution is 2.34. The van der Waals surface area contributed by atoms with Gasteiger partial charge in [-0.15, -0.1) is 0 Å². The molecule has 0 fully saturated rings. The molecule has 0 aliphatic carbocycles. The van der Waals surface area contributed by atoms with Crippen molar-refractivity contribution in [3.8, 4) is 0 Å². The molecule has 0 radical (unpaired) electrons. The van der Waals surface area contributed by atoms with Crippen LogP contribution in [0.15, 0.2) is 24.3 Å². The van der Waals surface area contributed by atoms with Crippen LogP contribution in [0.2, 0.25) is 5.02 Å². The predicted octanol–water partition coefficient (Wildman–Crippen LogP) is 5.90. The molecule has 1 rings (SSSR count). The van der Waals surface area contributed by atoms with Gasteiger partial charge in [-0.1, -0.05) is 62.5 Å². The predicted molar refractivity (Wildman–Crippen MR) is 93.0 cm³/mol. The lowest BCUT2D eigenvalue weighted by atomic mass is 9.80. The molecule has 0 saturated carbocycles. The van der Waals surface area contributed by atoms with E-state index in [1.165, 1.54) is 29.9 Å². The van der Waals surface area contributed by atoms with Gasteiger partial charge in [-0.2, -0.15) is 11.8 Å². The summed E-state index contributed by atoms with van der Waals surface area (Å²) < 4.78 is 0. The van der Waals surface area contributed by atoms with Crippen molar-refractivity contribution < 1.29 is 0 Å². The van der Waals surface area contributed by atoms with E-state index in [0.717, 1.165) is 15.7 Å². The van der Waals surface area contributed by atoms with Gasteiger partial charge in [0, 0.05) is 21.1 Å². The molecule has 0 unspecified atom stereocenters. The van der Waals surface area contributed by atoms with Gasteiger partial charge >= 0.3 is 0 Å². The largest absolute Gasteiger partial charge is 0.162 e. The first-order valence-electron chi connectivity index (χ1n) is 6.14. The smallest absolute Gasteiger partial charge is 0.0406 e. The monoisotopic (exact) mass is 412 g/mol. The number of halogens is 3. The lowest BCUT2D eigenvalue weighted by Gasteiger charge is -2.31. The average molecular weight is 415 g/mol. The maximum absolute atomic E-state index is 5.97. The fraction of sp³-hybridized carbons (Fsp3) is 0.571. The van der Waals surface area contributed by atoms with Gasteiger partial charge in [0.2, 0.25) is 0 Å². The van der Waals surface area contributed by atoms with Crippen molar-refractivity contribution in [3.05, 3.63) is 34.9 Å². The maximum Gasteiger partial charge on any atom is 0.0406 e. The zero-order valence-corrected chi connectivity index (χ0v) is 15.3. The van der Waals surface area contributed by atoms with Crippen molar-refractivity contribution in [2.75, 3.05) is 22.2 Å². The minimum Gasteiger partial charge on any atom is -0.162 e. The van der Waals surface area contributed by atoms with E-state index in [2.05, 4.69) is 50.9 Å². The van der Waals surface area contributed by atoms with Crippen LogP contribution in [0.4, 0.5) is 0 Å². The van der Waals surface area contributed by atoms with Crippen LogP contribution in [0.1, 0.15) is 25.3 Å². The third kappa shape index (κ3) is 4.73. The number of alkyl halides is 2. The lowest BCUT2D eigenvalue weighted by Crippen LogP contribution is -2.30. The van der Waals surface area contributed by atoms with Crippen molar-refractivity contribution in [3.63, 3.8) is 0 Å². The van der Waals surface area contributed by atoms with Crippen LogP contribution in [0, 0.1) is 0 Å². The molecule has 0 N–H and O–H groups in total. The first kappa shape index (κ1) is 16.9. The molecule has 0 amide bonds. The van der Waals surface area contributed by atoms with Gasteiger partial charge in [-0.05, 0) is 42.0 Å². The fourth-order valence-corrected chi connectivity index (χ4v) is 4.83. The summed E-state index contributed by atoms with van der Waals surface area (Å²) in [6.07, 6.45) is 2.44. The van der Waals surface area contributed by atoms with Crippen LogP contribution in [-0.2, 0) is 5.41 Å². The van der Waals surface area contributed by atoms with E-state index >= 15 is 0 Å². The molecule has 1 aromatic carbocycles. The Balaban J connectivity index is 2.75. The standard InChI is InChI=1S/C14H19Br2ClS/c1-2-18-9-3-8-14(10-15,11-16)12-4-6-13(17)7-5-12/h4-7H,2-3,8-11H2,1H3. The molecule has 0 nitrogen and oxygen atoms in total. The summed E-state index contributed by atoms with van der Waals surface area (Å²) in [6, 6.07) is 8.27. The Labute approximate surface area is 137 Å². The first-order valence-corrected chi connectivity index (χ1v) is 9.92. The van der Waals surface area contributed by atoms with Crippen molar-refractivity contribution in [1.82, 2.24) is 0 Å². The summed E-state index contributed by atoms with van der Waals surface area (Å²) in [6.45, 7) is 2.21. The minimum atomic E-state index is 0.179. The van der Waals surface area contributed by atoms with Crippen LogP contribution >= 0.6 is 55.2 Å². The van der Waals surface area contributed by atoms with Gasteiger partial charge in [0.15, 0.2) is 0 Å². The molecular formula is C14H19Br2ClS. The van der Waals surface area contributed by atoms with Crippen molar-refractivity contribution in [1.29, 1.82) is 0 Å². The summed E-state index contributed by atoms with van der Waals surface area (Å²) >= 11 is 15.4. The van der Waals surface area contributed by atoms with E-state index in [0.29, 0.717) is 0 Å². The molecule has 0 aliphatic heterocycles. The zero-order chi connectivity index (χ0) is 13.4. The van der Waals surface area contributed by atoms with E-state index < -0.39 is 0 Å². The first-order chi connectivity index (χ1) is 8.68. The topological polar surface area (TPSA) is 0 Å². The van der Waals surface area contributed by atoms with Gasteiger partial charge in [0.1, 0.15) is 0 Å². The van der Waals surface area contributed by atoms with Gasteiger partial charge in [-0.3, -0.25) is 0 Å². The summed E-state index contributed by atoms with van der Waals surface area (Å²) in [4.78, 5) is 0. The quantitative estimate of drug-likeness (QED) is 0.377. The molecule has 102 valence electrons. The van der Waals surface area contributed by atoms with Crippen LogP contribution in [0.5, 0.6) is 0 Å². The highest BCUT2D eigenvalue weighted by molar-refractivity contribution is 9.09. The van der Waals surface area contributed by atoms with Crippen LogP contribution in [0.25, 0.3) is 0 Å². The number of hydrogen-bond donors (Lipinski definition) is 0. The normalized spacial score (nSPS) is 11.8. The van der Waals surface area contributed by atoms with Crippen LogP contribution in [0.3, 0.4) is 0 Å². The van der Waals surface area contributed by atoms with E-state index in [9.17, 15) is 0 Å². The second-order valence-corrected chi connectivity index (χ2v) is 7.31. The number of hydrogen-bond acceptors (Lipinski definition) is 1. The van der Waals surface area contributed by atoms with Gasteiger partial charge < -0.3 is 0 Å². The Morgan fingerprint density at radius 3 is 2.28 bits per heavy atom. The summed E-state index contributed by atoms with van der Waals surface area (Å²) in [7, 11) is 0. The Morgan fingerprint density at radius 1 is 1.17 bits per heavy atom. The zero-order valence-electron chi connectivity index (χ0n) is 10.6. The highest BCUT2D eigenvalue weighted by Gasteiger charge is 2.29. The molecular weight excluding hydrogens is 395 g/mol. The van der Waals surface area contributed by atoms with Gasteiger partial charge in [-0.25, -0.2) is 0 Å². The lowest BCUT2D eigenvalue weighted by molar-refractivity contribution is 0.500. The molecule has 0 spiro atoms. The number of rotatable bonds is 8. The Morgan fingerprint density at radius 2 is 1.78 bits per heavy atom. The van der Waals surface area contributed by atoms with Crippen molar-refractivity contribution in [2.24, 2.45) is 0 Å². The molecule has 0 aliphatic rings. The number of thioether (sulfide) groups is 1. The van der Waals surface area contributed by atoms with Crippen LogP contribution in [-0.4, -0.2) is 22.2 Å². The van der Waals surface area contributed by atoms with Crippen LogP contribution < -0.4 is 0 Å². The summed E-state index contributed by atoms with van der Waals surface area (Å²) in [5.74, 6) is 2.45. The van der Waals surface area contributed by atoms with Crippen molar-refractivity contribution in [2.45, 2.75) is 25.2 Å². The minimum absolute atomic E-state index is 0.179.